The Morgan fingerprint density at radius 3 is 2.46 bits per heavy atom. The topological polar surface area (TPSA) is 50.4 Å². The number of carbonyl (C=O) groups is 1. The lowest BCUT2D eigenvalue weighted by Crippen LogP contribution is -2.39. The second kappa shape index (κ2) is 7.86. The van der Waals surface area contributed by atoms with E-state index in [1.54, 1.807) is 7.11 Å². The Balaban J connectivity index is 1.47. The van der Waals surface area contributed by atoms with Crippen LogP contribution in [0.3, 0.4) is 0 Å². The number of rotatable bonds is 7. The molecular weight excluding hydrogens is 300 g/mol. The van der Waals surface area contributed by atoms with Crippen LogP contribution in [0.2, 0.25) is 0 Å². The minimum atomic E-state index is -0.0933. The minimum absolute atomic E-state index is 0.0933. The van der Waals surface area contributed by atoms with Crippen molar-refractivity contribution < 1.29 is 9.53 Å². The highest BCUT2D eigenvalue weighted by molar-refractivity contribution is 5.74. The van der Waals surface area contributed by atoms with Crippen LogP contribution in [0.15, 0.2) is 54.6 Å². The second-order valence-corrected chi connectivity index (χ2v) is 6.22. The molecule has 1 fully saturated rings. The fourth-order valence-corrected chi connectivity index (χ4v) is 2.87. The number of ether oxygens (including phenoxy) is 1. The van der Waals surface area contributed by atoms with Crippen LogP contribution in [0, 0.1) is 5.92 Å². The van der Waals surface area contributed by atoms with Crippen LogP contribution in [0.4, 0.5) is 4.79 Å². The molecule has 4 heteroatoms. The molecule has 1 aliphatic rings. The second-order valence-electron chi connectivity index (χ2n) is 6.22. The zero-order valence-electron chi connectivity index (χ0n) is 14.0. The number of nitrogens with one attached hydrogen (secondary N) is 2. The number of methoxy groups -OCH3 is 1. The molecule has 0 saturated heterocycles. The van der Waals surface area contributed by atoms with Gasteiger partial charge in [-0.2, -0.15) is 0 Å². The van der Waals surface area contributed by atoms with Gasteiger partial charge in [-0.15, -0.1) is 0 Å². The monoisotopic (exact) mass is 324 g/mol. The Labute approximate surface area is 143 Å². The van der Waals surface area contributed by atoms with Crippen molar-refractivity contribution in [2.75, 3.05) is 13.7 Å². The van der Waals surface area contributed by atoms with Crippen molar-refractivity contribution in [1.29, 1.82) is 0 Å². The summed E-state index contributed by atoms with van der Waals surface area (Å²) in [6.07, 6.45) is 3.17. The van der Waals surface area contributed by atoms with Crippen molar-refractivity contribution in [2.24, 2.45) is 5.92 Å². The molecule has 4 nitrogen and oxygen atoms in total. The van der Waals surface area contributed by atoms with Crippen molar-refractivity contribution in [1.82, 2.24) is 10.6 Å². The predicted molar refractivity (Wildman–Crippen MR) is 95.1 cm³/mol. The van der Waals surface area contributed by atoms with Gasteiger partial charge in [0, 0.05) is 6.54 Å². The summed E-state index contributed by atoms with van der Waals surface area (Å²) in [5.41, 5.74) is 2.36. The van der Waals surface area contributed by atoms with E-state index in [2.05, 4.69) is 22.8 Å². The molecule has 0 heterocycles. The number of amides is 2. The van der Waals surface area contributed by atoms with Gasteiger partial charge < -0.3 is 15.4 Å². The summed E-state index contributed by atoms with van der Waals surface area (Å²) in [5.74, 6) is 1.42. The molecule has 2 aromatic carbocycles. The maximum absolute atomic E-state index is 12.2. The lowest BCUT2D eigenvalue weighted by atomic mass is 10.0. The molecule has 2 aromatic rings. The van der Waals surface area contributed by atoms with Crippen LogP contribution >= 0.6 is 0 Å². The summed E-state index contributed by atoms with van der Waals surface area (Å²) in [6, 6.07) is 18.2. The van der Waals surface area contributed by atoms with E-state index in [1.807, 2.05) is 42.5 Å². The van der Waals surface area contributed by atoms with Crippen LogP contribution in [-0.4, -0.2) is 19.7 Å². The van der Waals surface area contributed by atoms with E-state index in [9.17, 15) is 4.79 Å². The first kappa shape index (κ1) is 16.4. The average Bonchev–Trinajstić information content (AvgIpc) is 3.46. The van der Waals surface area contributed by atoms with E-state index in [1.165, 1.54) is 24.0 Å². The summed E-state index contributed by atoms with van der Waals surface area (Å²) >= 11 is 0. The van der Waals surface area contributed by atoms with Gasteiger partial charge >= 0.3 is 6.03 Å². The van der Waals surface area contributed by atoms with Crippen molar-refractivity contribution in [3.8, 4) is 5.75 Å². The van der Waals surface area contributed by atoms with Gasteiger partial charge in [-0.3, -0.25) is 0 Å². The van der Waals surface area contributed by atoms with Gasteiger partial charge in [0.25, 0.3) is 0 Å². The van der Waals surface area contributed by atoms with Gasteiger partial charge in [0.1, 0.15) is 5.75 Å². The Kier molecular flexibility index (Phi) is 5.36. The number of hydrogen-bond donors (Lipinski definition) is 2. The lowest BCUT2D eigenvalue weighted by Gasteiger charge is -2.19. The molecule has 3 rings (SSSR count). The van der Waals surface area contributed by atoms with Gasteiger partial charge in [-0.05, 0) is 48.4 Å². The largest absolute Gasteiger partial charge is 0.497 e. The third-order valence-electron chi connectivity index (χ3n) is 4.40. The summed E-state index contributed by atoms with van der Waals surface area (Å²) in [4.78, 5) is 12.2. The fraction of sp³-hybridized carbons (Fsp3) is 0.350. The maximum Gasteiger partial charge on any atom is 0.315 e. The van der Waals surface area contributed by atoms with Crippen LogP contribution in [0.1, 0.15) is 30.0 Å². The normalized spacial score (nSPS) is 14.7. The molecule has 126 valence electrons. The van der Waals surface area contributed by atoms with E-state index in [0.29, 0.717) is 12.5 Å². The lowest BCUT2D eigenvalue weighted by molar-refractivity contribution is 0.235. The van der Waals surface area contributed by atoms with Crippen LogP contribution in [0.5, 0.6) is 5.75 Å². The highest BCUT2D eigenvalue weighted by Crippen LogP contribution is 2.40. The third kappa shape index (κ3) is 4.51. The molecule has 0 aliphatic heterocycles. The number of urea groups is 1. The van der Waals surface area contributed by atoms with Gasteiger partial charge in [-0.1, -0.05) is 42.5 Å². The number of hydrogen-bond acceptors (Lipinski definition) is 2. The Bertz CT molecular complexity index is 651. The molecule has 0 bridgehead atoms. The Morgan fingerprint density at radius 2 is 1.83 bits per heavy atom. The third-order valence-corrected chi connectivity index (χ3v) is 4.40. The quantitative estimate of drug-likeness (QED) is 0.816. The number of benzene rings is 2. The van der Waals surface area contributed by atoms with Crippen LogP contribution in [-0.2, 0) is 6.42 Å². The van der Waals surface area contributed by atoms with Crippen molar-refractivity contribution >= 4 is 6.03 Å². The molecule has 24 heavy (non-hydrogen) atoms. The van der Waals surface area contributed by atoms with E-state index >= 15 is 0 Å². The van der Waals surface area contributed by atoms with E-state index in [0.717, 1.165) is 12.2 Å². The van der Waals surface area contributed by atoms with Gasteiger partial charge in [0.05, 0.1) is 13.2 Å². The summed E-state index contributed by atoms with van der Waals surface area (Å²) in [7, 11) is 1.66. The highest BCUT2D eigenvalue weighted by Gasteiger charge is 2.33. The Morgan fingerprint density at radius 1 is 1.12 bits per heavy atom. The molecule has 1 atom stereocenters. The summed E-state index contributed by atoms with van der Waals surface area (Å²) in [5, 5.41) is 6.09. The number of carbonyl (C=O) groups excluding carboxylic acids is 1. The zero-order valence-corrected chi connectivity index (χ0v) is 14.0. The van der Waals surface area contributed by atoms with Gasteiger partial charge in [0.15, 0.2) is 0 Å². The van der Waals surface area contributed by atoms with Gasteiger partial charge in [0.2, 0.25) is 0 Å². The summed E-state index contributed by atoms with van der Waals surface area (Å²) in [6.45, 7) is 0.615. The molecule has 1 saturated carbocycles. The maximum atomic E-state index is 12.2. The Hall–Kier alpha value is -2.49. The predicted octanol–water partition coefficient (Wildman–Crippen LogP) is 3.69. The molecule has 1 unspecified atom stereocenters. The average molecular weight is 324 g/mol. The molecule has 0 aromatic heterocycles. The highest BCUT2D eigenvalue weighted by atomic mass is 16.5. The van der Waals surface area contributed by atoms with Crippen LogP contribution < -0.4 is 15.4 Å². The first-order chi connectivity index (χ1) is 11.8. The molecule has 1 aliphatic carbocycles. The fourth-order valence-electron chi connectivity index (χ4n) is 2.87. The summed E-state index contributed by atoms with van der Waals surface area (Å²) < 4.78 is 5.15. The van der Waals surface area contributed by atoms with E-state index in [4.69, 9.17) is 4.74 Å². The van der Waals surface area contributed by atoms with Crippen molar-refractivity contribution in [3.63, 3.8) is 0 Å². The minimum Gasteiger partial charge on any atom is -0.497 e. The molecular formula is C20H24N2O2. The molecule has 0 spiro atoms. The SMILES string of the molecule is COc1ccc(CCNC(=O)NC(c2ccccc2)C2CC2)cc1. The smallest absolute Gasteiger partial charge is 0.315 e. The molecule has 2 N–H and O–H groups in total. The molecule has 2 amide bonds. The van der Waals surface area contributed by atoms with E-state index < -0.39 is 0 Å². The zero-order chi connectivity index (χ0) is 16.8. The van der Waals surface area contributed by atoms with E-state index in [-0.39, 0.29) is 12.1 Å². The van der Waals surface area contributed by atoms with Crippen molar-refractivity contribution in [3.05, 3.63) is 65.7 Å². The van der Waals surface area contributed by atoms with Gasteiger partial charge in [-0.25, -0.2) is 4.79 Å². The van der Waals surface area contributed by atoms with Crippen LogP contribution in [0.25, 0.3) is 0 Å². The van der Waals surface area contributed by atoms with Crippen molar-refractivity contribution in [2.45, 2.75) is 25.3 Å². The first-order valence-corrected chi connectivity index (χ1v) is 8.48. The first-order valence-electron chi connectivity index (χ1n) is 8.48. The molecule has 0 radical (unpaired) electrons. The standard InChI is InChI=1S/C20H24N2O2/c1-24-18-11-7-15(8-12-18)13-14-21-20(23)22-19(17-9-10-17)16-5-3-2-4-6-16/h2-8,11-12,17,19H,9-10,13-14H2,1H3,(H2,21,22,23).